The largest absolute Gasteiger partial charge is 0.457 e. The number of aromatic nitrogens is 2. The lowest BCUT2D eigenvalue weighted by Gasteiger charge is -2.31. The van der Waals surface area contributed by atoms with Crippen LogP contribution in [0.2, 0.25) is 0 Å². The molecule has 0 saturated carbocycles. The normalized spacial score (nSPS) is 13.3. The lowest BCUT2D eigenvalue weighted by molar-refractivity contribution is -0.127. The molecular weight excluding hydrogens is 438 g/mol. The predicted octanol–water partition coefficient (Wildman–Crippen LogP) is 5.84. The third kappa shape index (κ3) is 6.82. The molecule has 2 aromatic carbocycles. The maximum absolute atomic E-state index is 11.8. The van der Waals surface area contributed by atoms with E-state index in [1.807, 2.05) is 80.4 Å². The molecule has 3 aromatic rings. The van der Waals surface area contributed by atoms with E-state index in [-0.39, 0.29) is 5.91 Å². The second-order valence-corrected chi connectivity index (χ2v) is 7.99. The summed E-state index contributed by atoms with van der Waals surface area (Å²) in [5.74, 6) is 3.60. The van der Waals surface area contributed by atoms with Crippen molar-refractivity contribution in [3.63, 3.8) is 0 Å². The Labute approximate surface area is 208 Å². The quantitative estimate of drug-likeness (QED) is 0.400. The van der Waals surface area contributed by atoms with Gasteiger partial charge in [0.1, 0.15) is 29.5 Å². The lowest BCUT2D eigenvalue weighted by atomic mass is 9.96. The zero-order valence-electron chi connectivity index (χ0n) is 20.8. The van der Waals surface area contributed by atoms with E-state index < -0.39 is 0 Å². The number of carbonyl (C=O) groups is 1. The van der Waals surface area contributed by atoms with E-state index in [2.05, 4.69) is 27.2 Å². The van der Waals surface area contributed by atoms with Gasteiger partial charge in [0, 0.05) is 26.7 Å². The topological polar surface area (TPSA) is 79.4 Å². The first kappa shape index (κ1) is 25.7. The van der Waals surface area contributed by atoms with Crippen LogP contribution in [0.25, 0.3) is 11.1 Å². The first-order valence-electron chi connectivity index (χ1n) is 12.2. The standard InChI is InChI=1S/C26H29N5O2.C2H6/c1-3-23(32)31-15-13-19(14-16-31)17-28-26-24(25(27-2)29-18-30-26)20-9-11-22(12-10-20)33-21-7-5-4-6-8-21;1-2/h3-12,18-19H,1,13-17H2,2H3,(H2,27,28,29,30);1-2H3. The van der Waals surface area contributed by atoms with E-state index in [9.17, 15) is 4.79 Å². The summed E-state index contributed by atoms with van der Waals surface area (Å²) in [6.07, 6.45) is 4.87. The van der Waals surface area contributed by atoms with Gasteiger partial charge in [0.25, 0.3) is 0 Å². The van der Waals surface area contributed by atoms with Crippen LogP contribution in [0.4, 0.5) is 11.6 Å². The molecule has 0 spiro atoms. The molecule has 2 N–H and O–H groups in total. The van der Waals surface area contributed by atoms with Crippen molar-refractivity contribution in [2.45, 2.75) is 26.7 Å². The molecule has 1 aromatic heterocycles. The molecule has 0 unspecified atom stereocenters. The first-order valence-corrected chi connectivity index (χ1v) is 12.2. The van der Waals surface area contributed by atoms with Crippen molar-refractivity contribution >= 4 is 17.5 Å². The number of carbonyl (C=O) groups excluding carboxylic acids is 1. The van der Waals surface area contributed by atoms with Gasteiger partial charge in [-0.05, 0) is 54.7 Å². The highest BCUT2D eigenvalue weighted by atomic mass is 16.5. The SMILES string of the molecule is C=CC(=O)N1CCC(CNc2ncnc(NC)c2-c2ccc(Oc3ccccc3)cc2)CC1.CC. The smallest absolute Gasteiger partial charge is 0.245 e. The number of piperidine rings is 1. The molecule has 4 rings (SSSR count). The van der Waals surface area contributed by atoms with Crippen LogP contribution in [-0.2, 0) is 4.79 Å². The van der Waals surface area contributed by atoms with Crippen molar-refractivity contribution in [3.05, 3.63) is 73.6 Å². The van der Waals surface area contributed by atoms with Gasteiger partial charge in [-0.2, -0.15) is 0 Å². The Morgan fingerprint density at radius 2 is 1.66 bits per heavy atom. The minimum atomic E-state index is 0.0119. The van der Waals surface area contributed by atoms with E-state index in [1.165, 1.54) is 6.08 Å². The molecule has 0 atom stereocenters. The average Bonchev–Trinajstić information content (AvgIpc) is 2.93. The number of nitrogens with one attached hydrogen (secondary N) is 2. The third-order valence-corrected chi connectivity index (χ3v) is 5.86. The fraction of sp³-hybridized carbons (Fsp3) is 0.321. The van der Waals surface area contributed by atoms with E-state index in [0.29, 0.717) is 5.92 Å². The number of anilines is 2. The fourth-order valence-electron chi connectivity index (χ4n) is 4.02. The number of likely N-dealkylation sites (tertiary alicyclic amines) is 1. The highest BCUT2D eigenvalue weighted by Crippen LogP contribution is 2.34. The molecule has 0 bridgehead atoms. The van der Waals surface area contributed by atoms with Gasteiger partial charge >= 0.3 is 0 Å². The van der Waals surface area contributed by atoms with Crippen LogP contribution in [-0.4, -0.2) is 47.5 Å². The van der Waals surface area contributed by atoms with Crippen molar-refractivity contribution in [2.75, 3.05) is 37.3 Å². The van der Waals surface area contributed by atoms with Crippen LogP contribution in [0.3, 0.4) is 0 Å². The molecule has 1 amide bonds. The molecule has 1 aliphatic heterocycles. The van der Waals surface area contributed by atoms with Crippen LogP contribution < -0.4 is 15.4 Å². The lowest BCUT2D eigenvalue weighted by Crippen LogP contribution is -2.39. The predicted molar refractivity (Wildman–Crippen MR) is 143 cm³/mol. The molecule has 1 fully saturated rings. The molecule has 184 valence electrons. The summed E-state index contributed by atoms with van der Waals surface area (Å²) in [7, 11) is 1.86. The number of nitrogens with zero attached hydrogens (tertiary/aromatic N) is 3. The number of rotatable bonds is 8. The van der Waals surface area contributed by atoms with E-state index in [4.69, 9.17) is 4.74 Å². The first-order chi connectivity index (χ1) is 17.2. The summed E-state index contributed by atoms with van der Waals surface area (Å²) < 4.78 is 5.92. The van der Waals surface area contributed by atoms with Crippen molar-refractivity contribution in [2.24, 2.45) is 5.92 Å². The maximum Gasteiger partial charge on any atom is 0.245 e. The van der Waals surface area contributed by atoms with Crippen molar-refractivity contribution in [1.82, 2.24) is 14.9 Å². The molecule has 1 saturated heterocycles. The second-order valence-electron chi connectivity index (χ2n) is 7.99. The Balaban J connectivity index is 0.00000167. The number of amides is 1. The molecular formula is C28H35N5O2. The van der Waals surface area contributed by atoms with Gasteiger partial charge in [0.15, 0.2) is 0 Å². The Morgan fingerprint density at radius 1 is 1.03 bits per heavy atom. The summed E-state index contributed by atoms with van der Waals surface area (Å²) in [5.41, 5.74) is 1.92. The van der Waals surface area contributed by atoms with Crippen LogP contribution in [0.1, 0.15) is 26.7 Å². The molecule has 2 heterocycles. The van der Waals surface area contributed by atoms with Gasteiger partial charge in [0.05, 0.1) is 5.56 Å². The molecule has 7 heteroatoms. The Hall–Kier alpha value is -3.87. The van der Waals surface area contributed by atoms with Gasteiger partial charge in [-0.1, -0.05) is 50.8 Å². The van der Waals surface area contributed by atoms with Crippen LogP contribution in [0.5, 0.6) is 11.5 Å². The number of ether oxygens (including phenoxy) is 1. The summed E-state index contributed by atoms with van der Waals surface area (Å²) >= 11 is 0. The minimum Gasteiger partial charge on any atom is -0.457 e. The van der Waals surface area contributed by atoms with E-state index in [1.54, 1.807) is 6.33 Å². The highest BCUT2D eigenvalue weighted by Gasteiger charge is 2.22. The second kappa shape index (κ2) is 13.1. The van der Waals surface area contributed by atoms with Crippen LogP contribution >= 0.6 is 0 Å². The Bertz CT molecular complexity index is 1080. The average molecular weight is 474 g/mol. The number of benzene rings is 2. The highest BCUT2D eigenvalue weighted by molar-refractivity contribution is 5.87. The van der Waals surface area contributed by atoms with E-state index >= 15 is 0 Å². The summed E-state index contributed by atoms with van der Waals surface area (Å²) in [6.45, 7) is 9.90. The van der Waals surface area contributed by atoms with Gasteiger partial charge in [-0.25, -0.2) is 9.97 Å². The number of para-hydroxylation sites is 1. The summed E-state index contributed by atoms with van der Waals surface area (Å²) in [5, 5.41) is 6.70. The van der Waals surface area contributed by atoms with Crippen molar-refractivity contribution < 1.29 is 9.53 Å². The Morgan fingerprint density at radius 3 is 2.29 bits per heavy atom. The van der Waals surface area contributed by atoms with Crippen LogP contribution in [0.15, 0.2) is 73.6 Å². The Kier molecular flexibility index (Phi) is 9.66. The molecule has 35 heavy (non-hydrogen) atoms. The molecule has 7 nitrogen and oxygen atoms in total. The van der Waals surface area contributed by atoms with E-state index in [0.717, 1.165) is 66.7 Å². The zero-order valence-corrected chi connectivity index (χ0v) is 20.8. The van der Waals surface area contributed by atoms with Gasteiger partial charge in [-0.15, -0.1) is 0 Å². The monoisotopic (exact) mass is 473 g/mol. The van der Waals surface area contributed by atoms with Crippen LogP contribution in [0, 0.1) is 5.92 Å². The number of hydrogen-bond acceptors (Lipinski definition) is 6. The number of hydrogen-bond donors (Lipinski definition) is 2. The summed E-state index contributed by atoms with van der Waals surface area (Å²) in [6, 6.07) is 17.6. The fourth-order valence-corrected chi connectivity index (χ4v) is 4.02. The zero-order chi connectivity index (χ0) is 25.0. The van der Waals surface area contributed by atoms with Gasteiger partial charge in [-0.3, -0.25) is 4.79 Å². The van der Waals surface area contributed by atoms with Gasteiger partial charge in [0.2, 0.25) is 5.91 Å². The molecule has 1 aliphatic rings. The minimum absolute atomic E-state index is 0.0119. The molecule has 0 radical (unpaired) electrons. The van der Waals surface area contributed by atoms with Gasteiger partial charge < -0.3 is 20.3 Å². The van der Waals surface area contributed by atoms with Crippen molar-refractivity contribution in [3.8, 4) is 22.6 Å². The third-order valence-electron chi connectivity index (χ3n) is 5.86. The maximum atomic E-state index is 11.8. The summed E-state index contributed by atoms with van der Waals surface area (Å²) in [4.78, 5) is 22.6. The molecule has 0 aliphatic carbocycles. The van der Waals surface area contributed by atoms with Crippen molar-refractivity contribution in [1.29, 1.82) is 0 Å².